The molecule has 25 heavy (non-hydrogen) atoms. The van der Waals surface area contributed by atoms with Crippen molar-refractivity contribution in [2.75, 3.05) is 11.4 Å². The third kappa shape index (κ3) is 5.65. The third-order valence-electron chi connectivity index (χ3n) is 3.57. The molecule has 0 radical (unpaired) electrons. The monoisotopic (exact) mass is 359 g/mol. The van der Waals surface area contributed by atoms with Crippen molar-refractivity contribution in [2.24, 2.45) is 0 Å². The zero-order valence-electron chi connectivity index (χ0n) is 13.4. The fourth-order valence-electron chi connectivity index (χ4n) is 2.33. The van der Waals surface area contributed by atoms with E-state index >= 15 is 0 Å². The Morgan fingerprint density at radius 1 is 1.00 bits per heavy atom. The Labute approximate surface area is 150 Å². The molecule has 0 aliphatic carbocycles. The SMILES string of the molecule is O=C(O)C(O)=CC(=O)N(CCCc1ccccc1)c1ccc(Cl)cc1. The number of hydrogen-bond acceptors (Lipinski definition) is 3. The smallest absolute Gasteiger partial charge is 0.371 e. The van der Waals surface area contributed by atoms with Crippen LogP contribution in [0.1, 0.15) is 12.0 Å². The van der Waals surface area contributed by atoms with Crippen molar-refractivity contribution in [3.8, 4) is 0 Å². The lowest BCUT2D eigenvalue weighted by molar-refractivity contribution is -0.135. The number of aliphatic hydroxyl groups is 1. The van der Waals surface area contributed by atoms with Gasteiger partial charge in [-0.2, -0.15) is 0 Å². The summed E-state index contributed by atoms with van der Waals surface area (Å²) in [6.45, 7) is 0.374. The van der Waals surface area contributed by atoms with E-state index in [4.69, 9.17) is 16.7 Å². The number of aliphatic carboxylic acids is 1. The van der Waals surface area contributed by atoms with Crippen LogP contribution in [-0.2, 0) is 16.0 Å². The molecule has 0 saturated heterocycles. The van der Waals surface area contributed by atoms with Crippen LogP contribution in [0.4, 0.5) is 5.69 Å². The van der Waals surface area contributed by atoms with Crippen LogP contribution < -0.4 is 4.90 Å². The van der Waals surface area contributed by atoms with Crippen LogP contribution in [0.2, 0.25) is 5.02 Å². The maximum Gasteiger partial charge on any atom is 0.371 e. The van der Waals surface area contributed by atoms with E-state index in [1.165, 1.54) is 4.90 Å². The highest BCUT2D eigenvalue weighted by Crippen LogP contribution is 2.19. The Morgan fingerprint density at radius 2 is 1.64 bits per heavy atom. The summed E-state index contributed by atoms with van der Waals surface area (Å²) in [6, 6.07) is 16.5. The van der Waals surface area contributed by atoms with Gasteiger partial charge in [0.05, 0.1) is 6.08 Å². The molecule has 1 amide bonds. The Kier molecular flexibility index (Phi) is 6.60. The lowest BCUT2D eigenvalue weighted by Gasteiger charge is -2.21. The van der Waals surface area contributed by atoms with Crippen molar-refractivity contribution in [2.45, 2.75) is 12.8 Å². The molecular formula is C19H18ClNO4. The highest BCUT2D eigenvalue weighted by atomic mass is 35.5. The van der Waals surface area contributed by atoms with Crippen molar-refractivity contribution in [1.82, 2.24) is 0 Å². The van der Waals surface area contributed by atoms with Crippen LogP contribution >= 0.6 is 11.6 Å². The van der Waals surface area contributed by atoms with E-state index in [1.54, 1.807) is 24.3 Å². The maximum absolute atomic E-state index is 12.4. The van der Waals surface area contributed by atoms with Gasteiger partial charge in [-0.1, -0.05) is 41.9 Å². The molecule has 0 spiro atoms. The zero-order chi connectivity index (χ0) is 18.2. The Hall–Kier alpha value is -2.79. The second-order valence-corrected chi connectivity index (χ2v) is 5.83. The first kappa shape index (κ1) is 18.5. The molecule has 2 N–H and O–H groups in total. The van der Waals surface area contributed by atoms with Crippen LogP contribution in [0.15, 0.2) is 66.4 Å². The summed E-state index contributed by atoms with van der Waals surface area (Å²) < 4.78 is 0. The number of nitrogens with zero attached hydrogens (tertiary/aromatic N) is 1. The summed E-state index contributed by atoms with van der Waals surface area (Å²) >= 11 is 5.87. The fourth-order valence-corrected chi connectivity index (χ4v) is 2.46. The van der Waals surface area contributed by atoms with Gasteiger partial charge in [0, 0.05) is 17.3 Å². The molecule has 0 aliphatic rings. The number of aliphatic hydroxyl groups excluding tert-OH is 1. The molecule has 0 aliphatic heterocycles. The number of amides is 1. The molecule has 0 aromatic heterocycles. The molecule has 2 aromatic rings. The molecule has 0 unspecified atom stereocenters. The van der Waals surface area contributed by atoms with Crippen molar-refractivity contribution < 1.29 is 19.8 Å². The molecule has 6 heteroatoms. The van der Waals surface area contributed by atoms with Gasteiger partial charge in [-0.15, -0.1) is 0 Å². The van der Waals surface area contributed by atoms with Crippen molar-refractivity contribution in [1.29, 1.82) is 0 Å². The van der Waals surface area contributed by atoms with Crippen molar-refractivity contribution >= 4 is 29.2 Å². The number of carboxylic acids is 1. The first-order chi connectivity index (χ1) is 12.0. The highest BCUT2D eigenvalue weighted by molar-refractivity contribution is 6.30. The number of benzene rings is 2. The summed E-state index contributed by atoms with van der Waals surface area (Å²) in [7, 11) is 0. The number of carbonyl (C=O) groups excluding carboxylic acids is 1. The molecule has 0 fully saturated rings. The summed E-state index contributed by atoms with van der Waals surface area (Å²) in [5.74, 6) is -3.14. The quantitative estimate of drug-likeness (QED) is 0.581. The summed E-state index contributed by atoms with van der Waals surface area (Å²) in [5.41, 5.74) is 1.73. The van der Waals surface area contributed by atoms with Gasteiger partial charge < -0.3 is 15.1 Å². The first-order valence-electron chi connectivity index (χ1n) is 7.72. The molecule has 0 bridgehead atoms. The van der Waals surface area contributed by atoms with Crippen LogP contribution in [0.5, 0.6) is 0 Å². The van der Waals surface area contributed by atoms with Gasteiger partial charge in [0.1, 0.15) is 0 Å². The molecule has 0 atom stereocenters. The summed E-state index contributed by atoms with van der Waals surface area (Å²) in [4.78, 5) is 24.5. The fraction of sp³-hybridized carbons (Fsp3) is 0.158. The van der Waals surface area contributed by atoms with Gasteiger partial charge in [-0.25, -0.2) is 4.79 Å². The van der Waals surface area contributed by atoms with Gasteiger partial charge >= 0.3 is 5.97 Å². The average molecular weight is 360 g/mol. The van der Waals surface area contributed by atoms with Gasteiger partial charge in [0.15, 0.2) is 0 Å². The number of carboxylic acid groups (broad SMARTS) is 1. The summed E-state index contributed by atoms with van der Waals surface area (Å²) in [6.07, 6.45) is 2.16. The topological polar surface area (TPSA) is 77.8 Å². The van der Waals surface area contributed by atoms with E-state index in [9.17, 15) is 14.7 Å². The lowest BCUT2D eigenvalue weighted by atomic mass is 10.1. The van der Waals surface area contributed by atoms with Crippen LogP contribution in [-0.4, -0.2) is 28.6 Å². The first-order valence-corrected chi connectivity index (χ1v) is 8.10. The molecule has 2 rings (SSSR count). The highest BCUT2D eigenvalue weighted by Gasteiger charge is 2.16. The van der Waals surface area contributed by atoms with Gasteiger partial charge in [0.25, 0.3) is 5.91 Å². The average Bonchev–Trinajstić information content (AvgIpc) is 2.60. The minimum absolute atomic E-state index is 0.374. The second kappa shape index (κ2) is 8.89. The minimum atomic E-state index is -1.55. The standard InChI is InChI=1S/C19H18ClNO4/c20-15-8-10-16(11-9-15)21(18(23)13-17(22)19(24)25)12-4-7-14-5-2-1-3-6-14/h1-3,5-6,8-11,13,22H,4,7,12H2,(H,24,25). The summed E-state index contributed by atoms with van der Waals surface area (Å²) in [5, 5.41) is 18.6. The van der Waals surface area contributed by atoms with E-state index in [0.29, 0.717) is 29.8 Å². The van der Waals surface area contributed by atoms with Gasteiger partial charge in [-0.3, -0.25) is 4.79 Å². The van der Waals surface area contributed by atoms with Gasteiger partial charge in [-0.05, 0) is 42.7 Å². The number of hydrogen-bond donors (Lipinski definition) is 2. The molecular weight excluding hydrogens is 342 g/mol. The molecule has 0 heterocycles. The number of aryl methyl sites for hydroxylation is 1. The van der Waals surface area contributed by atoms with Crippen molar-refractivity contribution in [3.05, 3.63) is 77.0 Å². The normalized spacial score (nSPS) is 11.2. The minimum Gasteiger partial charge on any atom is -0.502 e. The molecule has 0 saturated carbocycles. The molecule has 2 aromatic carbocycles. The van der Waals surface area contributed by atoms with Crippen LogP contribution in [0.25, 0.3) is 0 Å². The van der Waals surface area contributed by atoms with Crippen LogP contribution in [0.3, 0.4) is 0 Å². The third-order valence-corrected chi connectivity index (χ3v) is 3.83. The van der Waals surface area contributed by atoms with E-state index in [1.807, 2.05) is 30.3 Å². The predicted molar refractivity (Wildman–Crippen MR) is 96.9 cm³/mol. The van der Waals surface area contributed by atoms with E-state index < -0.39 is 17.6 Å². The zero-order valence-corrected chi connectivity index (χ0v) is 14.2. The van der Waals surface area contributed by atoms with Crippen molar-refractivity contribution in [3.63, 3.8) is 0 Å². The Balaban J connectivity index is 2.14. The second-order valence-electron chi connectivity index (χ2n) is 5.39. The van der Waals surface area contributed by atoms with Crippen LogP contribution in [0, 0.1) is 0 Å². The lowest BCUT2D eigenvalue weighted by Crippen LogP contribution is -2.31. The van der Waals surface area contributed by atoms with E-state index in [0.717, 1.165) is 12.0 Å². The predicted octanol–water partition coefficient (Wildman–Crippen LogP) is 3.83. The molecule has 5 nitrogen and oxygen atoms in total. The number of halogens is 1. The largest absolute Gasteiger partial charge is 0.502 e. The van der Waals surface area contributed by atoms with E-state index in [2.05, 4.69) is 0 Å². The Bertz CT molecular complexity index is 757. The number of rotatable bonds is 7. The van der Waals surface area contributed by atoms with Gasteiger partial charge in [0.2, 0.25) is 5.76 Å². The Morgan fingerprint density at radius 3 is 2.24 bits per heavy atom. The maximum atomic E-state index is 12.4. The number of anilines is 1. The number of carbonyl (C=O) groups is 2. The molecule has 130 valence electrons. The van der Waals surface area contributed by atoms with E-state index in [-0.39, 0.29) is 0 Å².